The molecule has 4 nitrogen and oxygen atoms in total. The molecule has 1 aromatic carbocycles. The first-order chi connectivity index (χ1) is 8.42. The Morgan fingerprint density at radius 2 is 1.79 bits per heavy atom. The molecule has 0 aromatic heterocycles. The summed E-state index contributed by atoms with van der Waals surface area (Å²) in [6.07, 6.45) is 0. The van der Waals surface area contributed by atoms with Crippen molar-refractivity contribution in [3.8, 4) is 0 Å². The van der Waals surface area contributed by atoms with Crippen LogP contribution in [0.4, 0.5) is 8.78 Å². The van der Waals surface area contributed by atoms with E-state index in [0.29, 0.717) is 12.1 Å². The van der Waals surface area contributed by atoms with Gasteiger partial charge in [-0.1, -0.05) is 0 Å². The van der Waals surface area contributed by atoms with Crippen LogP contribution in [0, 0.1) is 11.6 Å². The van der Waals surface area contributed by atoms with E-state index in [9.17, 15) is 22.0 Å². The van der Waals surface area contributed by atoms with Gasteiger partial charge < -0.3 is 5.32 Å². The molecule has 8 heteroatoms. The minimum Gasteiger partial charge on any atom is -0.347 e. The maximum absolute atomic E-state index is 13.9. The van der Waals surface area contributed by atoms with Crippen LogP contribution in [0.2, 0.25) is 0 Å². The zero-order valence-electron chi connectivity index (χ0n) is 10.4. The van der Waals surface area contributed by atoms with Crippen molar-refractivity contribution >= 4 is 25.6 Å². The van der Waals surface area contributed by atoms with Gasteiger partial charge in [-0.15, -0.1) is 0 Å². The summed E-state index contributed by atoms with van der Waals surface area (Å²) in [5.41, 5.74) is -1.40. The second kappa shape index (κ2) is 5.05. The molecule has 0 saturated carbocycles. The smallest absolute Gasteiger partial charge is 0.264 e. The highest BCUT2D eigenvalue weighted by molar-refractivity contribution is 8.13. The number of benzene rings is 1. The fourth-order valence-electron chi connectivity index (χ4n) is 1.31. The summed E-state index contributed by atoms with van der Waals surface area (Å²) in [5, 5.41) is 2.40. The largest absolute Gasteiger partial charge is 0.347 e. The minimum atomic E-state index is -4.48. The van der Waals surface area contributed by atoms with Crippen molar-refractivity contribution in [3.05, 3.63) is 29.3 Å². The molecule has 0 fully saturated rings. The maximum Gasteiger partial charge on any atom is 0.264 e. The lowest BCUT2D eigenvalue weighted by atomic mass is 10.1. The van der Waals surface area contributed by atoms with Gasteiger partial charge in [0.05, 0.1) is 5.56 Å². The molecule has 1 rings (SSSR count). The Kier molecular flexibility index (Phi) is 4.21. The number of halogens is 3. The highest BCUT2D eigenvalue weighted by Crippen LogP contribution is 2.23. The maximum atomic E-state index is 13.9. The molecule has 0 saturated heterocycles. The third-order valence-corrected chi connectivity index (χ3v) is 3.32. The van der Waals surface area contributed by atoms with Gasteiger partial charge in [-0.05, 0) is 32.9 Å². The fourth-order valence-corrected chi connectivity index (χ4v) is 2.23. The van der Waals surface area contributed by atoms with Gasteiger partial charge in [0.1, 0.15) is 10.7 Å². The Hall–Kier alpha value is -1.21. The molecular formula is C11H12ClF2NO3S. The number of nitrogens with one attached hydrogen (secondary N) is 1. The molecule has 1 aromatic rings. The Morgan fingerprint density at radius 3 is 2.21 bits per heavy atom. The minimum absolute atomic E-state index is 0.422. The van der Waals surface area contributed by atoms with E-state index in [1.54, 1.807) is 20.8 Å². The first-order valence-corrected chi connectivity index (χ1v) is 7.49. The van der Waals surface area contributed by atoms with E-state index < -0.39 is 42.6 Å². The van der Waals surface area contributed by atoms with Crippen LogP contribution in [-0.4, -0.2) is 19.9 Å². The molecule has 0 spiro atoms. The van der Waals surface area contributed by atoms with Crippen molar-refractivity contribution in [2.24, 2.45) is 0 Å². The van der Waals surface area contributed by atoms with Gasteiger partial charge in [-0.25, -0.2) is 17.2 Å². The van der Waals surface area contributed by atoms with E-state index in [1.807, 2.05) is 0 Å². The third kappa shape index (κ3) is 4.14. The molecule has 0 heterocycles. The van der Waals surface area contributed by atoms with E-state index in [4.69, 9.17) is 10.7 Å². The molecule has 1 N–H and O–H groups in total. The van der Waals surface area contributed by atoms with Crippen LogP contribution in [-0.2, 0) is 9.05 Å². The van der Waals surface area contributed by atoms with E-state index in [-0.39, 0.29) is 0 Å². The highest BCUT2D eigenvalue weighted by atomic mass is 35.7. The molecule has 0 radical (unpaired) electrons. The van der Waals surface area contributed by atoms with Crippen molar-refractivity contribution < 1.29 is 22.0 Å². The predicted molar refractivity (Wildman–Crippen MR) is 66.6 cm³/mol. The summed E-state index contributed by atoms with van der Waals surface area (Å²) < 4.78 is 49.3. The number of hydrogen-bond acceptors (Lipinski definition) is 3. The summed E-state index contributed by atoms with van der Waals surface area (Å²) in [7, 11) is 0.501. The average molecular weight is 312 g/mol. The molecule has 0 aliphatic carbocycles. The lowest BCUT2D eigenvalue weighted by Crippen LogP contribution is -2.41. The number of hydrogen-bond donors (Lipinski definition) is 1. The van der Waals surface area contributed by atoms with Crippen molar-refractivity contribution in [1.82, 2.24) is 5.32 Å². The standard InChI is InChI=1S/C11H12ClF2NO3S/c1-11(2,3)15-10(16)7-4-6(13)5-8(9(7)14)19(12,17)18/h4-5H,1-3H3,(H,15,16). The van der Waals surface area contributed by atoms with Gasteiger partial charge in [0.15, 0.2) is 5.82 Å². The number of carbonyl (C=O) groups excluding carboxylic acids is 1. The lowest BCUT2D eigenvalue weighted by Gasteiger charge is -2.20. The zero-order chi connectivity index (χ0) is 15.0. The van der Waals surface area contributed by atoms with Crippen LogP contribution in [0.5, 0.6) is 0 Å². The molecular weight excluding hydrogens is 300 g/mol. The Morgan fingerprint density at radius 1 is 1.26 bits per heavy atom. The molecule has 0 atom stereocenters. The molecule has 0 unspecified atom stereocenters. The van der Waals surface area contributed by atoms with Gasteiger partial charge >= 0.3 is 0 Å². The van der Waals surface area contributed by atoms with Gasteiger partial charge in [0, 0.05) is 16.2 Å². The summed E-state index contributed by atoms with van der Waals surface area (Å²) in [5.74, 6) is -3.37. The van der Waals surface area contributed by atoms with Crippen molar-refractivity contribution in [2.75, 3.05) is 0 Å². The molecule has 0 aliphatic rings. The quantitative estimate of drug-likeness (QED) is 0.853. The van der Waals surface area contributed by atoms with Crippen LogP contribution in [0.1, 0.15) is 31.1 Å². The van der Waals surface area contributed by atoms with Crippen LogP contribution in [0.3, 0.4) is 0 Å². The van der Waals surface area contributed by atoms with E-state index >= 15 is 0 Å². The first-order valence-electron chi connectivity index (χ1n) is 5.18. The van der Waals surface area contributed by atoms with Crippen LogP contribution >= 0.6 is 10.7 Å². The van der Waals surface area contributed by atoms with E-state index in [0.717, 1.165) is 0 Å². The van der Waals surface area contributed by atoms with Crippen LogP contribution in [0.25, 0.3) is 0 Å². The van der Waals surface area contributed by atoms with E-state index in [2.05, 4.69) is 5.32 Å². The van der Waals surface area contributed by atoms with Gasteiger partial charge in [0.25, 0.3) is 15.0 Å². The predicted octanol–water partition coefficient (Wildman–Crippen LogP) is 2.42. The topological polar surface area (TPSA) is 63.2 Å². The normalized spacial score (nSPS) is 12.3. The molecule has 0 bridgehead atoms. The average Bonchev–Trinajstić information content (AvgIpc) is 2.16. The lowest BCUT2D eigenvalue weighted by molar-refractivity contribution is 0.0914. The number of amides is 1. The third-order valence-electron chi connectivity index (χ3n) is 2.00. The summed E-state index contributed by atoms with van der Waals surface area (Å²) in [4.78, 5) is 10.7. The second-order valence-corrected chi connectivity index (χ2v) is 7.44. The van der Waals surface area contributed by atoms with Crippen LogP contribution in [0.15, 0.2) is 17.0 Å². The summed E-state index contributed by atoms with van der Waals surface area (Å²) >= 11 is 0. The molecule has 0 aliphatic heterocycles. The van der Waals surface area contributed by atoms with Gasteiger partial charge in [-0.3, -0.25) is 4.79 Å². The van der Waals surface area contributed by atoms with Gasteiger partial charge in [0.2, 0.25) is 0 Å². The summed E-state index contributed by atoms with van der Waals surface area (Å²) in [6, 6.07) is 1.04. The zero-order valence-corrected chi connectivity index (χ0v) is 12.0. The van der Waals surface area contributed by atoms with Gasteiger partial charge in [-0.2, -0.15) is 0 Å². The second-order valence-electron chi connectivity index (χ2n) is 4.91. The van der Waals surface area contributed by atoms with E-state index in [1.165, 1.54) is 0 Å². The number of rotatable bonds is 2. The van der Waals surface area contributed by atoms with Crippen LogP contribution < -0.4 is 5.32 Å². The first kappa shape index (κ1) is 15.8. The van der Waals surface area contributed by atoms with Crippen molar-refractivity contribution in [3.63, 3.8) is 0 Å². The highest BCUT2D eigenvalue weighted by Gasteiger charge is 2.26. The van der Waals surface area contributed by atoms with Crippen molar-refractivity contribution in [2.45, 2.75) is 31.2 Å². The molecule has 19 heavy (non-hydrogen) atoms. The molecule has 106 valence electrons. The monoisotopic (exact) mass is 311 g/mol. The summed E-state index contributed by atoms with van der Waals surface area (Å²) in [6.45, 7) is 4.92. The fraction of sp³-hybridized carbons (Fsp3) is 0.364. The Bertz CT molecular complexity index is 624. The molecule has 1 amide bonds. The number of carbonyl (C=O) groups is 1. The van der Waals surface area contributed by atoms with Crippen molar-refractivity contribution in [1.29, 1.82) is 0 Å². The Labute approximate surface area is 114 Å². The SMILES string of the molecule is CC(C)(C)NC(=O)c1cc(F)cc(S(=O)(=O)Cl)c1F. The Balaban J connectivity index is 3.38.